The van der Waals surface area contributed by atoms with E-state index in [0.29, 0.717) is 17.3 Å². The molecule has 2 rings (SSSR count). The summed E-state index contributed by atoms with van der Waals surface area (Å²) in [6.07, 6.45) is 0. The molecule has 7 heteroatoms. The number of nitrogens with zero attached hydrogens (tertiary/aromatic N) is 2. The largest absolute Gasteiger partial charge is 0.505 e. The lowest BCUT2D eigenvalue weighted by atomic mass is 10.1. The van der Waals surface area contributed by atoms with Crippen LogP contribution in [0.3, 0.4) is 0 Å². The summed E-state index contributed by atoms with van der Waals surface area (Å²) in [5, 5.41) is 18.4. The van der Waals surface area contributed by atoms with Crippen LogP contribution < -0.4 is 0 Å². The Morgan fingerprint density at radius 3 is 2.58 bits per heavy atom. The van der Waals surface area contributed by atoms with Gasteiger partial charge in [0.15, 0.2) is 5.75 Å². The van der Waals surface area contributed by atoms with Crippen molar-refractivity contribution in [1.29, 1.82) is 0 Å². The molecular weight excluding hydrogens is 268 g/mol. The van der Waals surface area contributed by atoms with Crippen molar-refractivity contribution >= 4 is 26.6 Å². The van der Waals surface area contributed by atoms with Crippen LogP contribution in [-0.2, 0) is 10.1 Å². The first kappa shape index (κ1) is 13.4. The molecule has 0 bridgehead atoms. The van der Waals surface area contributed by atoms with Crippen LogP contribution in [0.2, 0.25) is 0 Å². The zero-order chi connectivity index (χ0) is 14.0. The van der Waals surface area contributed by atoms with E-state index in [1.807, 2.05) is 0 Å². The normalized spacial score (nSPS) is 12.3. The smallest absolute Gasteiger partial charge is 0.296 e. The summed E-state index contributed by atoms with van der Waals surface area (Å²) in [4.78, 5) is -0.457. The average molecular weight is 280 g/mol. The topological polar surface area (TPSA) is 99.3 Å². The van der Waals surface area contributed by atoms with E-state index in [1.165, 1.54) is 6.07 Å². The molecule has 0 saturated carbocycles. The molecular formula is C12H12N2O4S. The average Bonchev–Trinajstić information content (AvgIpc) is 2.36. The second-order valence-electron chi connectivity index (χ2n) is 3.83. The minimum Gasteiger partial charge on any atom is -0.505 e. The summed E-state index contributed by atoms with van der Waals surface area (Å²) in [7, 11) is -4.49. The van der Waals surface area contributed by atoms with E-state index in [1.54, 1.807) is 31.2 Å². The lowest BCUT2D eigenvalue weighted by Crippen LogP contribution is -1.99. The molecule has 6 nitrogen and oxygen atoms in total. The van der Waals surface area contributed by atoms with Crippen molar-refractivity contribution in [3.8, 4) is 5.75 Å². The highest BCUT2D eigenvalue weighted by molar-refractivity contribution is 7.86. The molecule has 19 heavy (non-hydrogen) atoms. The van der Waals surface area contributed by atoms with Gasteiger partial charge in [0.05, 0.1) is 6.54 Å². The van der Waals surface area contributed by atoms with Crippen molar-refractivity contribution in [3.63, 3.8) is 0 Å². The zero-order valence-electron chi connectivity index (χ0n) is 10.1. The Hall–Kier alpha value is -1.99. The van der Waals surface area contributed by atoms with Gasteiger partial charge in [-0.05, 0) is 18.4 Å². The highest BCUT2D eigenvalue weighted by Crippen LogP contribution is 2.40. The molecule has 0 aromatic heterocycles. The van der Waals surface area contributed by atoms with Gasteiger partial charge in [-0.3, -0.25) is 4.55 Å². The van der Waals surface area contributed by atoms with Crippen LogP contribution in [0.5, 0.6) is 5.75 Å². The molecule has 0 saturated heterocycles. The van der Waals surface area contributed by atoms with Gasteiger partial charge in [-0.2, -0.15) is 18.6 Å². The maximum Gasteiger partial charge on any atom is 0.296 e. The number of benzene rings is 2. The molecule has 0 radical (unpaired) electrons. The van der Waals surface area contributed by atoms with Crippen LogP contribution in [0.4, 0.5) is 5.69 Å². The SMILES string of the molecule is CCN=Nc1c(S(=O)(=O)O)cc2ccccc2c1O. The Balaban J connectivity index is 2.88. The summed E-state index contributed by atoms with van der Waals surface area (Å²) < 4.78 is 31.9. The first-order chi connectivity index (χ1) is 8.95. The number of phenols is 1. The molecule has 0 amide bonds. The number of fused-ring (bicyclic) bond motifs is 1. The van der Waals surface area contributed by atoms with Crippen LogP contribution in [-0.4, -0.2) is 24.6 Å². The summed E-state index contributed by atoms with van der Waals surface area (Å²) in [6, 6.07) is 7.92. The summed E-state index contributed by atoms with van der Waals surface area (Å²) in [6.45, 7) is 2.05. The standard InChI is InChI=1S/C12H12N2O4S/c1-2-13-14-11-10(19(16,17)18)7-8-5-3-4-6-9(8)12(11)15/h3-7,15H,2H2,1H3,(H,16,17,18). The van der Waals surface area contributed by atoms with E-state index in [-0.39, 0.29) is 11.4 Å². The Morgan fingerprint density at radius 1 is 1.26 bits per heavy atom. The molecule has 0 heterocycles. The van der Waals surface area contributed by atoms with Crippen molar-refractivity contribution in [2.45, 2.75) is 11.8 Å². The third-order valence-electron chi connectivity index (χ3n) is 2.55. The number of azo groups is 1. The second-order valence-corrected chi connectivity index (χ2v) is 5.22. The molecule has 0 aliphatic carbocycles. The molecule has 2 aromatic carbocycles. The Morgan fingerprint density at radius 2 is 1.95 bits per heavy atom. The van der Waals surface area contributed by atoms with E-state index in [4.69, 9.17) is 0 Å². The van der Waals surface area contributed by atoms with Crippen LogP contribution in [0.15, 0.2) is 45.5 Å². The minimum atomic E-state index is -4.49. The van der Waals surface area contributed by atoms with E-state index < -0.39 is 15.0 Å². The van der Waals surface area contributed by atoms with Crippen LogP contribution in [0.25, 0.3) is 10.8 Å². The number of rotatable bonds is 3. The lowest BCUT2D eigenvalue weighted by molar-refractivity contribution is 0.472. The molecule has 0 unspecified atom stereocenters. The van der Waals surface area contributed by atoms with E-state index in [0.717, 1.165) is 0 Å². The van der Waals surface area contributed by atoms with Gasteiger partial charge < -0.3 is 5.11 Å². The van der Waals surface area contributed by atoms with Gasteiger partial charge in [0.25, 0.3) is 10.1 Å². The van der Waals surface area contributed by atoms with Crippen molar-refractivity contribution in [2.24, 2.45) is 10.2 Å². The number of phenolic OH excluding ortho intramolecular Hbond substituents is 1. The first-order valence-electron chi connectivity index (χ1n) is 5.55. The van der Waals surface area contributed by atoms with E-state index in [9.17, 15) is 18.1 Å². The molecule has 0 spiro atoms. The summed E-state index contributed by atoms with van der Waals surface area (Å²) >= 11 is 0. The van der Waals surface area contributed by atoms with Crippen molar-refractivity contribution in [1.82, 2.24) is 0 Å². The van der Waals surface area contributed by atoms with Gasteiger partial charge in [0, 0.05) is 5.39 Å². The predicted molar refractivity (Wildman–Crippen MR) is 70.5 cm³/mol. The van der Waals surface area contributed by atoms with E-state index in [2.05, 4.69) is 10.2 Å². The van der Waals surface area contributed by atoms with Gasteiger partial charge in [-0.15, -0.1) is 0 Å². The molecule has 0 aliphatic rings. The maximum atomic E-state index is 11.4. The fourth-order valence-corrected chi connectivity index (χ4v) is 2.38. The van der Waals surface area contributed by atoms with Crippen LogP contribution in [0, 0.1) is 0 Å². The zero-order valence-corrected chi connectivity index (χ0v) is 10.9. The minimum absolute atomic E-state index is 0.247. The fourth-order valence-electron chi connectivity index (χ4n) is 1.73. The van der Waals surface area contributed by atoms with E-state index >= 15 is 0 Å². The predicted octanol–water partition coefficient (Wildman–Crippen LogP) is 2.90. The Labute approximate surface area is 110 Å². The number of aromatic hydroxyl groups is 1. The molecule has 2 N–H and O–H groups in total. The molecule has 0 fully saturated rings. The highest BCUT2D eigenvalue weighted by Gasteiger charge is 2.21. The second kappa shape index (κ2) is 4.94. The molecule has 0 atom stereocenters. The van der Waals surface area contributed by atoms with Gasteiger partial charge >= 0.3 is 0 Å². The van der Waals surface area contributed by atoms with Crippen LogP contribution >= 0.6 is 0 Å². The highest BCUT2D eigenvalue weighted by atomic mass is 32.2. The van der Waals surface area contributed by atoms with Gasteiger partial charge in [0.2, 0.25) is 0 Å². The first-order valence-corrected chi connectivity index (χ1v) is 6.99. The Kier molecular flexibility index (Phi) is 3.50. The fraction of sp³-hybridized carbons (Fsp3) is 0.167. The summed E-state index contributed by atoms with van der Waals surface area (Å²) in [5.74, 6) is -0.317. The van der Waals surface area contributed by atoms with Crippen molar-refractivity contribution in [3.05, 3.63) is 30.3 Å². The van der Waals surface area contributed by atoms with Crippen molar-refractivity contribution < 1.29 is 18.1 Å². The van der Waals surface area contributed by atoms with Crippen molar-refractivity contribution in [2.75, 3.05) is 6.54 Å². The van der Waals surface area contributed by atoms with Gasteiger partial charge in [-0.1, -0.05) is 24.3 Å². The summed E-state index contributed by atoms with van der Waals surface area (Å²) in [5.41, 5.74) is -0.247. The maximum absolute atomic E-state index is 11.4. The number of hydrogen-bond acceptors (Lipinski definition) is 5. The number of hydrogen-bond donors (Lipinski definition) is 2. The third kappa shape index (κ3) is 2.56. The lowest BCUT2D eigenvalue weighted by Gasteiger charge is -2.08. The molecule has 2 aromatic rings. The molecule has 0 aliphatic heterocycles. The Bertz CT molecular complexity index is 754. The van der Waals surface area contributed by atoms with Gasteiger partial charge in [-0.25, -0.2) is 0 Å². The van der Waals surface area contributed by atoms with Crippen LogP contribution in [0.1, 0.15) is 6.92 Å². The quantitative estimate of drug-likeness (QED) is 0.667. The molecule has 100 valence electrons. The monoisotopic (exact) mass is 280 g/mol. The van der Waals surface area contributed by atoms with Gasteiger partial charge in [0.1, 0.15) is 10.6 Å². The third-order valence-corrected chi connectivity index (χ3v) is 3.42.